The summed E-state index contributed by atoms with van der Waals surface area (Å²) in [4.78, 5) is 0.346. The summed E-state index contributed by atoms with van der Waals surface area (Å²) in [7, 11) is 0.315. The molecule has 0 spiro atoms. The summed E-state index contributed by atoms with van der Waals surface area (Å²) < 4.78 is 29.0. The van der Waals surface area contributed by atoms with E-state index in [2.05, 4.69) is 23.9 Å². The van der Waals surface area contributed by atoms with Crippen LogP contribution in [0, 0.1) is 11.3 Å². The highest BCUT2D eigenvalue weighted by Crippen LogP contribution is 2.51. The smallest absolute Gasteiger partial charge is 0.242 e. The van der Waals surface area contributed by atoms with Crippen molar-refractivity contribution in [2.45, 2.75) is 31.7 Å². The molecular weight excluding hydrogens is 262 g/mol. The predicted molar refractivity (Wildman–Crippen MR) is 75.3 cm³/mol. The van der Waals surface area contributed by atoms with Crippen LogP contribution >= 0.6 is 0 Å². The predicted octanol–water partition coefficient (Wildman–Crippen LogP) is 1.07. The minimum Gasteiger partial charge on any atom is -0.352 e. The van der Waals surface area contributed by atoms with Gasteiger partial charge in [0.25, 0.3) is 0 Å². The van der Waals surface area contributed by atoms with Gasteiger partial charge in [0.15, 0.2) is 0 Å². The maximum absolute atomic E-state index is 12.2. The minimum atomic E-state index is -3.38. The second-order valence-electron chi connectivity index (χ2n) is 6.05. The van der Waals surface area contributed by atoms with E-state index in [1.54, 1.807) is 12.3 Å². The van der Waals surface area contributed by atoms with Crippen LogP contribution in [0.5, 0.6) is 0 Å². The van der Waals surface area contributed by atoms with Crippen molar-refractivity contribution < 1.29 is 8.42 Å². The van der Waals surface area contributed by atoms with Crippen molar-refractivity contribution in [1.29, 1.82) is 0 Å². The van der Waals surface area contributed by atoms with Crippen molar-refractivity contribution >= 4 is 10.0 Å². The summed E-state index contributed by atoms with van der Waals surface area (Å²) in [6.45, 7) is 5.52. The van der Waals surface area contributed by atoms with Crippen LogP contribution in [0.15, 0.2) is 17.2 Å². The van der Waals surface area contributed by atoms with E-state index in [-0.39, 0.29) is 5.41 Å². The van der Waals surface area contributed by atoms with E-state index in [0.717, 1.165) is 12.1 Å². The largest absolute Gasteiger partial charge is 0.352 e. The van der Waals surface area contributed by atoms with Crippen LogP contribution in [0.2, 0.25) is 0 Å². The molecule has 1 atom stereocenters. The first kappa shape index (κ1) is 14.6. The van der Waals surface area contributed by atoms with E-state index in [9.17, 15) is 8.42 Å². The average molecular weight is 285 g/mol. The molecular formula is C13H23N3O2S. The van der Waals surface area contributed by atoms with Crippen LogP contribution in [0.25, 0.3) is 0 Å². The van der Waals surface area contributed by atoms with Crippen LogP contribution in [0.1, 0.15) is 26.0 Å². The Kier molecular flexibility index (Phi) is 3.77. The van der Waals surface area contributed by atoms with Gasteiger partial charge in [-0.1, -0.05) is 13.8 Å². The van der Waals surface area contributed by atoms with Gasteiger partial charge in [0, 0.05) is 32.0 Å². The number of rotatable bonds is 6. The molecule has 1 unspecified atom stereocenters. The Hall–Kier alpha value is -0.850. The van der Waals surface area contributed by atoms with Gasteiger partial charge in [-0.3, -0.25) is 0 Å². The molecule has 0 aromatic carbocycles. The molecule has 2 rings (SSSR count). The number of nitrogens with zero attached hydrogens (tertiary/aromatic N) is 1. The lowest BCUT2D eigenvalue weighted by atomic mass is 10.1. The standard InChI is InChI=1S/C13H23N3O2S/c1-13(2)6-10(13)7-15-19(17,18)12-5-11(8-14-3)16(4)9-12/h5,9-10,14-15H,6-8H2,1-4H3. The Balaban J connectivity index is 2.05. The molecule has 5 nitrogen and oxygen atoms in total. The fraction of sp³-hybridized carbons (Fsp3) is 0.692. The number of aryl methyl sites for hydroxylation is 1. The van der Waals surface area contributed by atoms with Crippen LogP contribution < -0.4 is 10.0 Å². The van der Waals surface area contributed by atoms with Crippen molar-refractivity contribution in [2.75, 3.05) is 13.6 Å². The number of nitrogens with one attached hydrogen (secondary N) is 2. The van der Waals surface area contributed by atoms with E-state index in [0.29, 0.717) is 23.9 Å². The third kappa shape index (κ3) is 3.19. The van der Waals surface area contributed by atoms with Gasteiger partial charge in [0.1, 0.15) is 0 Å². The average Bonchev–Trinajstić information content (AvgIpc) is 2.74. The lowest BCUT2D eigenvalue weighted by Crippen LogP contribution is -2.26. The molecule has 108 valence electrons. The summed E-state index contributed by atoms with van der Waals surface area (Å²) in [5, 5.41) is 3.02. The molecule has 0 bridgehead atoms. The first-order valence-electron chi connectivity index (χ1n) is 6.56. The van der Waals surface area contributed by atoms with Gasteiger partial charge < -0.3 is 9.88 Å². The Morgan fingerprint density at radius 2 is 2.11 bits per heavy atom. The van der Waals surface area contributed by atoms with Gasteiger partial charge in [-0.25, -0.2) is 13.1 Å². The lowest BCUT2D eigenvalue weighted by Gasteiger charge is -2.06. The monoisotopic (exact) mass is 285 g/mol. The van der Waals surface area contributed by atoms with Crippen molar-refractivity contribution in [1.82, 2.24) is 14.6 Å². The summed E-state index contributed by atoms with van der Waals surface area (Å²) in [6.07, 6.45) is 2.75. The molecule has 1 aromatic heterocycles. The second-order valence-corrected chi connectivity index (χ2v) is 7.82. The number of sulfonamides is 1. The van der Waals surface area contributed by atoms with Crippen molar-refractivity contribution in [3.05, 3.63) is 18.0 Å². The highest BCUT2D eigenvalue weighted by atomic mass is 32.2. The Labute approximate surface area is 115 Å². The van der Waals surface area contributed by atoms with Crippen LogP contribution in [0.4, 0.5) is 0 Å². The molecule has 0 saturated heterocycles. The molecule has 2 N–H and O–H groups in total. The molecule has 1 heterocycles. The highest BCUT2D eigenvalue weighted by molar-refractivity contribution is 7.89. The Morgan fingerprint density at radius 3 is 2.63 bits per heavy atom. The van der Waals surface area contributed by atoms with Gasteiger partial charge in [0.05, 0.1) is 4.90 Å². The maximum Gasteiger partial charge on any atom is 0.242 e. The first-order chi connectivity index (χ1) is 8.76. The van der Waals surface area contributed by atoms with Crippen molar-refractivity contribution in [3.8, 4) is 0 Å². The summed E-state index contributed by atoms with van der Waals surface area (Å²) in [5.74, 6) is 0.461. The third-order valence-corrected chi connectivity index (χ3v) is 5.38. The van der Waals surface area contributed by atoms with Crippen LogP contribution in [-0.2, 0) is 23.6 Å². The lowest BCUT2D eigenvalue weighted by molar-refractivity contribution is 0.537. The fourth-order valence-corrected chi connectivity index (χ4v) is 3.47. The number of hydrogen-bond acceptors (Lipinski definition) is 3. The van der Waals surface area contributed by atoms with E-state index in [4.69, 9.17) is 0 Å². The molecule has 19 heavy (non-hydrogen) atoms. The quantitative estimate of drug-likeness (QED) is 0.822. The van der Waals surface area contributed by atoms with E-state index in [1.165, 1.54) is 0 Å². The van der Waals surface area contributed by atoms with Gasteiger partial charge in [-0.05, 0) is 30.9 Å². The van der Waals surface area contributed by atoms with Gasteiger partial charge in [-0.15, -0.1) is 0 Å². The van der Waals surface area contributed by atoms with Gasteiger partial charge >= 0.3 is 0 Å². The highest BCUT2D eigenvalue weighted by Gasteiger charge is 2.45. The second kappa shape index (κ2) is 4.92. The molecule has 1 fully saturated rings. The normalized spacial score (nSPS) is 21.6. The van der Waals surface area contributed by atoms with E-state index in [1.807, 2.05) is 18.7 Å². The minimum absolute atomic E-state index is 0.288. The topological polar surface area (TPSA) is 63.1 Å². The summed E-state index contributed by atoms with van der Waals surface area (Å²) in [5.41, 5.74) is 1.24. The summed E-state index contributed by atoms with van der Waals surface area (Å²) in [6, 6.07) is 1.72. The molecule has 6 heteroatoms. The summed E-state index contributed by atoms with van der Waals surface area (Å²) >= 11 is 0. The molecule has 0 radical (unpaired) electrons. The fourth-order valence-electron chi connectivity index (χ4n) is 2.30. The zero-order valence-electron chi connectivity index (χ0n) is 12.0. The molecule has 1 aliphatic carbocycles. The SMILES string of the molecule is CNCc1cc(S(=O)(=O)NCC2CC2(C)C)cn1C. The molecule has 1 aliphatic rings. The molecule has 1 aromatic rings. The van der Waals surface area contributed by atoms with Crippen LogP contribution in [0.3, 0.4) is 0 Å². The maximum atomic E-state index is 12.2. The number of aromatic nitrogens is 1. The van der Waals surface area contributed by atoms with E-state index < -0.39 is 10.0 Å². The Morgan fingerprint density at radius 1 is 1.47 bits per heavy atom. The molecule has 1 saturated carbocycles. The third-order valence-electron chi connectivity index (χ3n) is 3.99. The van der Waals surface area contributed by atoms with E-state index >= 15 is 0 Å². The zero-order valence-corrected chi connectivity index (χ0v) is 12.8. The zero-order chi connectivity index (χ0) is 14.3. The Bertz CT molecular complexity index is 560. The van der Waals surface area contributed by atoms with Gasteiger partial charge in [0.2, 0.25) is 10.0 Å². The number of hydrogen-bond donors (Lipinski definition) is 2. The van der Waals surface area contributed by atoms with Crippen molar-refractivity contribution in [3.63, 3.8) is 0 Å². The molecule has 0 aliphatic heterocycles. The molecule has 0 amide bonds. The van der Waals surface area contributed by atoms with Crippen molar-refractivity contribution in [2.24, 2.45) is 18.4 Å². The van der Waals surface area contributed by atoms with Crippen LogP contribution in [-0.4, -0.2) is 26.6 Å². The van der Waals surface area contributed by atoms with Gasteiger partial charge in [-0.2, -0.15) is 0 Å². The first-order valence-corrected chi connectivity index (χ1v) is 8.04.